The molecule has 1 amide bonds. The molecular weight excluding hydrogens is 306 g/mol. The number of nitrogens with zero attached hydrogens (tertiary/aromatic N) is 1. The Bertz CT molecular complexity index is 614. The molecule has 1 N–H and O–H groups in total. The van der Waals surface area contributed by atoms with Crippen LogP contribution in [0.1, 0.15) is 24.8 Å². The van der Waals surface area contributed by atoms with Crippen LogP contribution >= 0.6 is 0 Å². The number of rotatable bonds is 5. The van der Waals surface area contributed by atoms with E-state index in [1.165, 1.54) is 0 Å². The van der Waals surface area contributed by atoms with E-state index in [4.69, 9.17) is 4.74 Å². The van der Waals surface area contributed by atoms with Crippen LogP contribution in [0.4, 0.5) is 0 Å². The SMILES string of the molecule is O=C(O)C(CC(=O)N1CC2C3CCC(O3)C2C1)Cc1ccccc1. The second-order valence-electron chi connectivity index (χ2n) is 7.35. The van der Waals surface area contributed by atoms with E-state index in [1.54, 1.807) is 0 Å². The minimum absolute atomic E-state index is 0.0212. The summed E-state index contributed by atoms with van der Waals surface area (Å²) in [6.45, 7) is 1.48. The fourth-order valence-corrected chi connectivity index (χ4v) is 4.65. The highest BCUT2D eigenvalue weighted by Crippen LogP contribution is 2.47. The number of carbonyl (C=O) groups excluding carboxylic acids is 1. The maximum atomic E-state index is 12.6. The summed E-state index contributed by atoms with van der Waals surface area (Å²) >= 11 is 0. The molecule has 1 aromatic carbocycles. The lowest BCUT2D eigenvalue weighted by molar-refractivity contribution is -0.145. The van der Waals surface area contributed by atoms with Crippen molar-refractivity contribution in [2.45, 2.75) is 37.9 Å². The summed E-state index contributed by atoms with van der Waals surface area (Å²) in [5.74, 6) is -0.648. The predicted octanol–water partition coefficient (Wildman–Crippen LogP) is 1.96. The number of aliphatic carboxylic acids is 1. The minimum Gasteiger partial charge on any atom is -0.481 e. The Morgan fingerprint density at radius 3 is 2.33 bits per heavy atom. The number of benzene rings is 1. The Balaban J connectivity index is 1.38. The van der Waals surface area contributed by atoms with Crippen molar-refractivity contribution in [1.82, 2.24) is 4.90 Å². The van der Waals surface area contributed by atoms with Gasteiger partial charge in [0.15, 0.2) is 0 Å². The standard InChI is InChI=1S/C19H23NO4/c21-18(9-13(19(22)23)8-12-4-2-1-3-5-12)20-10-14-15(11-20)17-7-6-16(14)24-17/h1-5,13-17H,6-11H2,(H,22,23). The molecule has 1 aromatic rings. The molecule has 3 saturated heterocycles. The van der Waals surface area contributed by atoms with Gasteiger partial charge in [0.1, 0.15) is 0 Å². The largest absolute Gasteiger partial charge is 0.481 e. The fourth-order valence-electron chi connectivity index (χ4n) is 4.65. The van der Waals surface area contributed by atoms with Crippen LogP contribution in [0.3, 0.4) is 0 Å². The van der Waals surface area contributed by atoms with Crippen LogP contribution in [0, 0.1) is 17.8 Å². The molecule has 0 saturated carbocycles. The van der Waals surface area contributed by atoms with Gasteiger partial charge in [0.2, 0.25) is 5.91 Å². The molecule has 2 bridgehead atoms. The van der Waals surface area contributed by atoms with Crippen LogP contribution in [-0.4, -0.2) is 47.2 Å². The first-order valence-corrected chi connectivity index (χ1v) is 8.82. The first-order chi connectivity index (χ1) is 11.6. The number of hydrogen-bond donors (Lipinski definition) is 1. The third-order valence-electron chi connectivity index (χ3n) is 5.90. The van der Waals surface area contributed by atoms with E-state index < -0.39 is 11.9 Å². The van der Waals surface area contributed by atoms with Crippen molar-refractivity contribution in [2.75, 3.05) is 13.1 Å². The first-order valence-electron chi connectivity index (χ1n) is 8.82. The maximum Gasteiger partial charge on any atom is 0.307 e. The maximum absolute atomic E-state index is 12.6. The van der Waals surface area contributed by atoms with Crippen molar-refractivity contribution in [1.29, 1.82) is 0 Å². The highest BCUT2D eigenvalue weighted by molar-refractivity contribution is 5.82. The van der Waals surface area contributed by atoms with Crippen LogP contribution in [0.5, 0.6) is 0 Å². The lowest BCUT2D eigenvalue weighted by atomic mass is 9.82. The summed E-state index contributed by atoms with van der Waals surface area (Å²) in [4.78, 5) is 26.1. The Morgan fingerprint density at radius 2 is 1.75 bits per heavy atom. The lowest BCUT2D eigenvalue weighted by Gasteiger charge is -2.21. The van der Waals surface area contributed by atoms with Crippen LogP contribution in [0.25, 0.3) is 0 Å². The predicted molar refractivity (Wildman–Crippen MR) is 87.3 cm³/mol. The Morgan fingerprint density at radius 1 is 1.12 bits per heavy atom. The minimum atomic E-state index is -0.894. The molecule has 0 aliphatic carbocycles. The average molecular weight is 329 g/mol. The van der Waals surface area contributed by atoms with Gasteiger partial charge in [-0.2, -0.15) is 0 Å². The van der Waals surface area contributed by atoms with E-state index in [2.05, 4.69) is 0 Å². The van der Waals surface area contributed by atoms with Crippen molar-refractivity contribution >= 4 is 11.9 Å². The zero-order valence-electron chi connectivity index (χ0n) is 13.6. The Kier molecular flexibility index (Phi) is 4.04. The molecule has 4 rings (SSSR count). The summed E-state index contributed by atoms with van der Waals surface area (Å²) in [6.07, 6.45) is 3.34. The van der Waals surface area contributed by atoms with Crippen molar-refractivity contribution < 1.29 is 19.4 Å². The Labute approximate surface area is 141 Å². The van der Waals surface area contributed by atoms with Gasteiger partial charge in [0.25, 0.3) is 0 Å². The molecular formula is C19H23NO4. The summed E-state index contributed by atoms with van der Waals surface area (Å²) in [5.41, 5.74) is 0.961. The number of carboxylic acid groups (broad SMARTS) is 1. The second kappa shape index (κ2) is 6.20. The van der Waals surface area contributed by atoms with Crippen molar-refractivity contribution in [3.8, 4) is 0 Å². The molecule has 3 fully saturated rings. The molecule has 5 unspecified atom stereocenters. The molecule has 0 spiro atoms. The van der Waals surface area contributed by atoms with E-state index in [0.29, 0.717) is 30.5 Å². The summed E-state index contributed by atoms with van der Waals surface area (Å²) in [7, 11) is 0. The monoisotopic (exact) mass is 329 g/mol. The molecule has 0 radical (unpaired) electrons. The van der Waals surface area contributed by atoms with Crippen molar-refractivity contribution in [3.63, 3.8) is 0 Å². The molecule has 3 aliphatic heterocycles. The number of fused-ring (bicyclic) bond motifs is 5. The van der Waals surface area contributed by atoms with Gasteiger partial charge < -0.3 is 14.7 Å². The van der Waals surface area contributed by atoms with Crippen LogP contribution in [0.2, 0.25) is 0 Å². The smallest absolute Gasteiger partial charge is 0.307 e. The number of ether oxygens (including phenoxy) is 1. The van der Waals surface area contributed by atoms with Gasteiger partial charge in [-0.3, -0.25) is 9.59 Å². The van der Waals surface area contributed by atoms with Gasteiger partial charge in [-0.25, -0.2) is 0 Å². The molecule has 24 heavy (non-hydrogen) atoms. The molecule has 0 aromatic heterocycles. The third-order valence-corrected chi connectivity index (χ3v) is 5.90. The van der Waals surface area contributed by atoms with E-state index in [1.807, 2.05) is 35.2 Å². The topological polar surface area (TPSA) is 66.8 Å². The van der Waals surface area contributed by atoms with Gasteiger partial charge >= 0.3 is 5.97 Å². The second-order valence-corrected chi connectivity index (χ2v) is 7.35. The van der Waals surface area contributed by atoms with Crippen LogP contribution < -0.4 is 0 Å². The molecule has 5 heteroatoms. The van der Waals surface area contributed by atoms with E-state index in [9.17, 15) is 14.7 Å². The van der Waals surface area contributed by atoms with E-state index in [0.717, 1.165) is 31.5 Å². The zero-order chi connectivity index (χ0) is 16.7. The fraction of sp³-hybridized carbons (Fsp3) is 0.579. The van der Waals surface area contributed by atoms with Crippen LogP contribution in [0.15, 0.2) is 30.3 Å². The Hall–Kier alpha value is -1.88. The van der Waals surface area contributed by atoms with Crippen LogP contribution in [-0.2, 0) is 20.7 Å². The van der Waals surface area contributed by atoms with Gasteiger partial charge in [-0.05, 0) is 24.8 Å². The highest BCUT2D eigenvalue weighted by Gasteiger charge is 2.53. The van der Waals surface area contributed by atoms with E-state index in [-0.39, 0.29) is 12.3 Å². The molecule has 3 aliphatic rings. The van der Waals surface area contributed by atoms with Gasteiger partial charge in [-0.15, -0.1) is 0 Å². The van der Waals surface area contributed by atoms with Crippen molar-refractivity contribution in [2.24, 2.45) is 17.8 Å². The quantitative estimate of drug-likeness (QED) is 0.897. The number of amides is 1. The molecule has 128 valence electrons. The van der Waals surface area contributed by atoms with Gasteiger partial charge in [0, 0.05) is 31.3 Å². The number of carbonyl (C=O) groups is 2. The number of hydrogen-bond acceptors (Lipinski definition) is 3. The third kappa shape index (κ3) is 2.81. The van der Waals surface area contributed by atoms with Gasteiger partial charge in [-0.1, -0.05) is 30.3 Å². The summed E-state index contributed by atoms with van der Waals surface area (Å²) in [6, 6.07) is 9.52. The average Bonchev–Trinajstić information content (AvgIpc) is 3.27. The zero-order valence-corrected chi connectivity index (χ0v) is 13.6. The molecule has 3 heterocycles. The van der Waals surface area contributed by atoms with Crippen molar-refractivity contribution in [3.05, 3.63) is 35.9 Å². The normalized spacial score (nSPS) is 31.9. The number of carboxylic acids is 1. The van der Waals surface area contributed by atoms with Gasteiger partial charge in [0.05, 0.1) is 18.1 Å². The van der Waals surface area contributed by atoms with E-state index >= 15 is 0 Å². The first kappa shape index (κ1) is 15.6. The summed E-state index contributed by atoms with van der Waals surface area (Å²) in [5, 5.41) is 9.49. The molecule has 5 atom stereocenters. The molecule has 5 nitrogen and oxygen atoms in total. The highest BCUT2D eigenvalue weighted by atomic mass is 16.5. The number of likely N-dealkylation sites (tertiary alicyclic amines) is 1. The lowest BCUT2D eigenvalue weighted by Crippen LogP contribution is -2.34. The summed E-state index contributed by atoms with van der Waals surface area (Å²) < 4.78 is 5.93.